The van der Waals surface area contributed by atoms with Crippen molar-refractivity contribution in [3.8, 4) is 17.1 Å². The average Bonchev–Trinajstić information content (AvgIpc) is 3.49. The fourth-order valence-electron chi connectivity index (χ4n) is 5.39. The van der Waals surface area contributed by atoms with Crippen molar-refractivity contribution in [3.05, 3.63) is 120 Å². The van der Waals surface area contributed by atoms with E-state index in [1.165, 1.54) is 27.9 Å². The highest BCUT2D eigenvalue weighted by atomic mass is 16.3. The molecule has 0 aliphatic heterocycles. The Morgan fingerprint density at radius 2 is 1.43 bits per heavy atom. The Labute approximate surface area is 218 Å². The molecule has 3 heteroatoms. The number of hydrogen-bond acceptors (Lipinski definition) is 2. The number of benzene rings is 4. The van der Waals surface area contributed by atoms with Gasteiger partial charge >= 0.3 is 0 Å². The summed E-state index contributed by atoms with van der Waals surface area (Å²) in [6, 6.07) is 32.3. The molecule has 0 atom stereocenters. The van der Waals surface area contributed by atoms with E-state index in [0.29, 0.717) is 11.8 Å². The van der Waals surface area contributed by atoms with E-state index in [4.69, 9.17) is 9.40 Å². The van der Waals surface area contributed by atoms with Crippen LogP contribution in [0.4, 0.5) is 0 Å². The van der Waals surface area contributed by atoms with Gasteiger partial charge in [0.1, 0.15) is 17.7 Å². The van der Waals surface area contributed by atoms with Crippen LogP contribution >= 0.6 is 0 Å². The van der Waals surface area contributed by atoms with Gasteiger partial charge in [-0.25, -0.2) is 4.98 Å². The zero-order valence-electron chi connectivity index (χ0n) is 21.9. The van der Waals surface area contributed by atoms with Crippen LogP contribution in [0.5, 0.6) is 0 Å². The highest BCUT2D eigenvalue weighted by Gasteiger charge is 2.23. The van der Waals surface area contributed by atoms with Crippen LogP contribution < -0.4 is 0 Å². The van der Waals surface area contributed by atoms with Crippen molar-refractivity contribution in [1.29, 1.82) is 0 Å². The Kier molecular flexibility index (Phi) is 5.92. The molecule has 0 unspecified atom stereocenters. The van der Waals surface area contributed by atoms with Crippen molar-refractivity contribution in [3.63, 3.8) is 0 Å². The van der Waals surface area contributed by atoms with Gasteiger partial charge in [-0.1, -0.05) is 94.4 Å². The van der Waals surface area contributed by atoms with Crippen LogP contribution in [0.15, 0.2) is 102 Å². The van der Waals surface area contributed by atoms with Gasteiger partial charge in [0.05, 0.1) is 22.3 Å². The van der Waals surface area contributed by atoms with Gasteiger partial charge in [0.25, 0.3) is 0 Å². The lowest BCUT2D eigenvalue weighted by Gasteiger charge is -2.22. The summed E-state index contributed by atoms with van der Waals surface area (Å²) in [6.07, 6.45) is 2.76. The molecule has 6 rings (SSSR count). The number of furan rings is 1. The van der Waals surface area contributed by atoms with Crippen molar-refractivity contribution in [2.45, 2.75) is 46.0 Å². The lowest BCUT2D eigenvalue weighted by Crippen LogP contribution is -2.08. The molecule has 0 N–H and O–H groups in total. The van der Waals surface area contributed by atoms with E-state index in [9.17, 15) is 0 Å². The number of aromatic nitrogens is 2. The molecule has 4 aromatic carbocycles. The zero-order chi connectivity index (χ0) is 25.5. The van der Waals surface area contributed by atoms with E-state index in [2.05, 4.69) is 123 Å². The van der Waals surface area contributed by atoms with Gasteiger partial charge in [0.2, 0.25) is 0 Å². The van der Waals surface area contributed by atoms with Crippen molar-refractivity contribution in [2.75, 3.05) is 0 Å². The topological polar surface area (TPSA) is 31.0 Å². The Balaban J connectivity index is 1.61. The van der Waals surface area contributed by atoms with Gasteiger partial charge in [0, 0.05) is 5.39 Å². The van der Waals surface area contributed by atoms with Crippen molar-refractivity contribution >= 4 is 22.0 Å². The maximum absolute atomic E-state index is 6.10. The van der Waals surface area contributed by atoms with E-state index in [-0.39, 0.29) is 0 Å². The van der Waals surface area contributed by atoms with E-state index < -0.39 is 0 Å². The summed E-state index contributed by atoms with van der Waals surface area (Å²) in [5, 5.41) is 1.10. The normalized spacial score (nSPS) is 11.8. The smallest absolute Gasteiger partial charge is 0.149 e. The average molecular weight is 485 g/mol. The lowest BCUT2D eigenvalue weighted by molar-refractivity contribution is 0.616. The molecule has 2 aromatic heterocycles. The lowest BCUT2D eigenvalue weighted by atomic mass is 9.92. The number of nitrogens with zero attached hydrogens (tertiary/aromatic N) is 2. The third-order valence-corrected chi connectivity index (χ3v) is 7.26. The first kappa shape index (κ1) is 23.3. The third kappa shape index (κ3) is 4.15. The number of fused-ring (bicyclic) bond motifs is 2. The fourth-order valence-corrected chi connectivity index (χ4v) is 5.39. The highest BCUT2D eigenvalue weighted by molar-refractivity contribution is 5.96. The molecule has 6 aromatic rings. The maximum atomic E-state index is 6.10. The van der Waals surface area contributed by atoms with Gasteiger partial charge in [-0.15, -0.1) is 0 Å². The molecule has 3 nitrogen and oxygen atoms in total. The van der Waals surface area contributed by atoms with Crippen LogP contribution in [0.25, 0.3) is 39.1 Å². The summed E-state index contributed by atoms with van der Waals surface area (Å²) in [4.78, 5) is 5.20. The number of hydrogen-bond donors (Lipinski definition) is 0. The second-order valence-electron chi connectivity index (χ2n) is 10.5. The summed E-state index contributed by atoms with van der Waals surface area (Å²) in [7, 11) is 0. The Hall–Kier alpha value is -4.11. The Morgan fingerprint density at radius 1 is 0.730 bits per heavy atom. The van der Waals surface area contributed by atoms with Gasteiger partial charge in [-0.05, 0) is 64.8 Å². The van der Waals surface area contributed by atoms with Gasteiger partial charge in [-0.2, -0.15) is 0 Å². The number of rotatable bonds is 6. The molecule has 37 heavy (non-hydrogen) atoms. The third-order valence-electron chi connectivity index (χ3n) is 7.26. The first-order valence-electron chi connectivity index (χ1n) is 13.2. The summed E-state index contributed by atoms with van der Waals surface area (Å²) in [5.74, 6) is 1.68. The summed E-state index contributed by atoms with van der Waals surface area (Å²) < 4.78 is 8.47. The minimum Gasteiger partial charge on any atom is -0.464 e. The molecule has 0 radical (unpaired) electrons. The summed E-state index contributed by atoms with van der Waals surface area (Å²) in [6.45, 7) is 9.07. The largest absolute Gasteiger partial charge is 0.464 e. The molecular weight excluding hydrogens is 452 g/mol. The minimum atomic E-state index is 0.376. The molecule has 0 saturated carbocycles. The molecule has 0 spiro atoms. The zero-order valence-corrected chi connectivity index (χ0v) is 21.9. The van der Waals surface area contributed by atoms with E-state index in [1.54, 1.807) is 0 Å². The van der Waals surface area contributed by atoms with E-state index >= 15 is 0 Å². The summed E-state index contributed by atoms with van der Waals surface area (Å²) in [5.41, 5.74) is 10.5. The molecule has 0 amide bonds. The number of imidazole rings is 1. The second-order valence-corrected chi connectivity index (χ2v) is 10.5. The molecule has 0 fully saturated rings. The van der Waals surface area contributed by atoms with Gasteiger partial charge in [-0.3, -0.25) is 4.57 Å². The first-order valence-corrected chi connectivity index (χ1v) is 13.2. The Morgan fingerprint density at radius 3 is 2.16 bits per heavy atom. The minimum absolute atomic E-state index is 0.376. The maximum Gasteiger partial charge on any atom is 0.149 e. The van der Waals surface area contributed by atoms with Crippen molar-refractivity contribution in [2.24, 2.45) is 0 Å². The number of para-hydroxylation sites is 3. The van der Waals surface area contributed by atoms with Crippen LogP contribution in [-0.2, 0) is 6.42 Å². The van der Waals surface area contributed by atoms with Crippen LogP contribution in [0.1, 0.15) is 61.8 Å². The quantitative estimate of drug-likeness (QED) is 0.236. The Bertz CT molecular complexity index is 1680. The first-order chi connectivity index (χ1) is 18.0. The molecule has 0 saturated heterocycles. The van der Waals surface area contributed by atoms with E-state index in [1.807, 2.05) is 6.26 Å². The van der Waals surface area contributed by atoms with Crippen LogP contribution in [0, 0.1) is 0 Å². The standard InChI is InChI=1S/C34H32N2O/c1-22(2)26-13-10-14-27(23(3)4)33(26)36-31-16-9-8-15-30(31)35-34(36)29-21-37-32-18-17-25(20-28(29)32)19-24-11-6-5-7-12-24/h5-18,20-23H,19H2,1-4H3. The SMILES string of the molecule is CC(C)c1cccc(C(C)C)c1-n1c(-c2coc3ccc(Cc4ccccc4)cc23)nc2ccccc21. The molecule has 0 aliphatic carbocycles. The molecule has 0 bridgehead atoms. The fraction of sp³-hybridized carbons (Fsp3) is 0.206. The highest BCUT2D eigenvalue weighted by Crippen LogP contribution is 2.39. The molecule has 2 heterocycles. The predicted octanol–water partition coefficient (Wildman–Crippen LogP) is 9.28. The van der Waals surface area contributed by atoms with Crippen LogP contribution in [0.2, 0.25) is 0 Å². The monoisotopic (exact) mass is 484 g/mol. The predicted molar refractivity (Wildman–Crippen MR) is 154 cm³/mol. The molecular formula is C34H32N2O. The van der Waals surface area contributed by atoms with Crippen molar-refractivity contribution < 1.29 is 4.42 Å². The second kappa shape index (κ2) is 9.40. The van der Waals surface area contributed by atoms with Crippen molar-refractivity contribution in [1.82, 2.24) is 9.55 Å². The van der Waals surface area contributed by atoms with E-state index in [0.717, 1.165) is 39.8 Å². The van der Waals surface area contributed by atoms with Crippen LogP contribution in [0.3, 0.4) is 0 Å². The van der Waals surface area contributed by atoms with Gasteiger partial charge in [0.15, 0.2) is 0 Å². The summed E-state index contributed by atoms with van der Waals surface area (Å²) >= 11 is 0. The molecule has 184 valence electrons. The van der Waals surface area contributed by atoms with Gasteiger partial charge < -0.3 is 4.42 Å². The molecule has 0 aliphatic rings. The van der Waals surface area contributed by atoms with Crippen LogP contribution in [-0.4, -0.2) is 9.55 Å².